The summed E-state index contributed by atoms with van der Waals surface area (Å²) in [6.07, 6.45) is -0.368. The highest BCUT2D eigenvalue weighted by molar-refractivity contribution is 6.34. The summed E-state index contributed by atoms with van der Waals surface area (Å²) >= 11 is 12.5. The molecular formula is C16H18Cl2N2O. The third-order valence-corrected chi connectivity index (χ3v) is 3.69. The van der Waals surface area contributed by atoms with Crippen molar-refractivity contribution in [3.05, 3.63) is 57.6 Å². The Kier molecular flexibility index (Phi) is 5.57. The van der Waals surface area contributed by atoms with Crippen LogP contribution in [0.1, 0.15) is 49.7 Å². The Morgan fingerprint density at radius 3 is 2.10 bits per heavy atom. The molecule has 0 aliphatic carbocycles. The minimum atomic E-state index is -0.368. The van der Waals surface area contributed by atoms with E-state index >= 15 is 0 Å². The molecule has 0 fully saturated rings. The molecule has 21 heavy (non-hydrogen) atoms. The molecule has 5 heteroatoms. The molecule has 3 nitrogen and oxygen atoms in total. The maximum absolute atomic E-state index is 6.27. The van der Waals surface area contributed by atoms with Gasteiger partial charge in [-0.2, -0.15) is 0 Å². The van der Waals surface area contributed by atoms with Crippen molar-refractivity contribution in [1.82, 2.24) is 9.97 Å². The van der Waals surface area contributed by atoms with Crippen LogP contribution in [0.25, 0.3) is 0 Å². The molecule has 0 bridgehead atoms. The fourth-order valence-corrected chi connectivity index (χ4v) is 2.98. The number of benzene rings is 1. The highest BCUT2D eigenvalue weighted by atomic mass is 35.5. The largest absolute Gasteiger partial charge is 0.366 e. The Morgan fingerprint density at radius 1 is 1.05 bits per heavy atom. The molecule has 0 amide bonds. The summed E-state index contributed by atoms with van der Waals surface area (Å²) in [5.41, 5.74) is 1.74. The molecule has 0 aliphatic heterocycles. The number of ether oxygens (including phenoxy) is 1. The Bertz CT molecular complexity index is 579. The normalized spacial score (nSPS) is 12.7. The number of halogens is 2. The van der Waals surface area contributed by atoms with Crippen LogP contribution in [0.15, 0.2) is 30.3 Å². The van der Waals surface area contributed by atoms with E-state index in [9.17, 15) is 0 Å². The third-order valence-electron chi connectivity index (χ3n) is 3.12. The monoisotopic (exact) mass is 324 g/mol. The maximum atomic E-state index is 6.27. The molecule has 0 spiro atoms. The van der Waals surface area contributed by atoms with Gasteiger partial charge in [0, 0.05) is 12.2 Å². The number of aromatic nitrogens is 2. The lowest BCUT2D eigenvalue weighted by molar-refractivity contribution is 0.0851. The van der Waals surface area contributed by atoms with E-state index in [0.717, 1.165) is 11.1 Å². The number of rotatable bonds is 5. The van der Waals surface area contributed by atoms with Crippen molar-refractivity contribution in [2.75, 3.05) is 6.61 Å². The first-order chi connectivity index (χ1) is 10.0. The molecule has 112 valence electrons. The van der Waals surface area contributed by atoms with E-state index < -0.39 is 0 Å². The first-order valence-electron chi connectivity index (χ1n) is 6.94. The smallest absolute Gasteiger partial charge is 0.165 e. The quantitative estimate of drug-likeness (QED) is 0.723. The number of hydrogen-bond acceptors (Lipinski definition) is 3. The van der Waals surface area contributed by atoms with Gasteiger partial charge in [0.1, 0.15) is 16.4 Å². The standard InChI is InChI=1S/C16H18Cl2N2O/c1-4-21-13(11-8-6-5-7-9-11)16-19-14(17)12(10(2)3)15(18)20-16/h5-10,13H,4H2,1-3H3. The molecular weight excluding hydrogens is 307 g/mol. The zero-order valence-electron chi connectivity index (χ0n) is 12.3. The molecule has 0 radical (unpaired) electrons. The lowest BCUT2D eigenvalue weighted by Crippen LogP contribution is -2.12. The molecule has 0 N–H and O–H groups in total. The average molecular weight is 325 g/mol. The Morgan fingerprint density at radius 2 is 1.62 bits per heavy atom. The van der Waals surface area contributed by atoms with Crippen LogP contribution in [0.2, 0.25) is 10.3 Å². The Balaban J connectivity index is 2.47. The van der Waals surface area contributed by atoms with Crippen LogP contribution in [0.4, 0.5) is 0 Å². The van der Waals surface area contributed by atoms with Crippen molar-refractivity contribution < 1.29 is 4.74 Å². The predicted octanol–water partition coefficient (Wildman–Crippen LogP) is 5.03. The molecule has 0 saturated heterocycles. The molecule has 1 aromatic heterocycles. The van der Waals surface area contributed by atoms with E-state index in [4.69, 9.17) is 27.9 Å². The summed E-state index contributed by atoms with van der Waals surface area (Å²) in [5.74, 6) is 0.656. The lowest BCUT2D eigenvalue weighted by Gasteiger charge is -2.18. The van der Waals surface area contributed by atoms with Crippen molar-refractivity contribution in [3.8, 4) is 0 Å². The van der Waals surface area contributed by atoms with Crippen molar-refractivity contribution in [2.24, 2.45) is 0 Å². The van der Waals surface area contributed by atoms with E-state index in [-0.39, 0.29) is 12.0 Å². The van der Waals surface area contributed by atoms with Crippen molar-refractivity contribution >= 4 is 23.2 Å². The van der Waals surface area contributed by atoms with Gasteiger partial charge in [0.2, 0.25) is 0 Å². The van der Waals surface area contributed by atoms with Gasteiger partial charge in [0.15, 0.2) is 5.82 Å². The summed E-state index contributed by atoms with van der Waals surface area (Å²) in [6.45, 7) is 6.49. The van der Waals surface area contributed by atoms with Crippen LogP contribution >= 0.6 is 23.2 Å². The van der Waals surface area contributed by atoms with Gasteiger partial charge in [-0.3, -0.25) is 0 Å². The SMILES string of the molecule is CCOC(c1ccccc1)c1nc(Cl)c(C(C)C)c(Cl)n1. The molecule has 1 atom stereocenters. The summed E-state index contributed by atoms with van der Waals surface area (Å²) in [5, 5.41) is 0.779. The minimum Gasteiger partial charge on any atom is -0.366 e. The van der Waals surface area contributed by atoms with Gasteiger partial charge >= 0.3 is 0 Å². The third kappa shape index (κ3) is 3.73. The van der Waals surface area contributed by atoms with E-state index in [1.807, 2.05) is 51.1 Å². The maximum Gasteiger partial charge on any atom is 0.165 e. The summed E-state index contributed by atoms with van der Waals surface area (Å²) in [4.78, 5) is 8.79. The molecule has 1 unspecified atom stereocenters. The minimum absolute atomic E-state index is 0.168. The van der Waals surface area contributed by atoms with Crippen LogP contribution < -0.4 is 0 Å². The van der Waals surface area contributed by atoms with Gasteiger partial charge in [-0.15, -0.1) is 0 Å². The first-order valence-corrected chi connectivity index (χ1v) is 7.69. The van der Waals surface area contributed by atoms with E-state index in [0.29, 0.717) is 22.7 Å². The van der Waals surface area contributed by atoms with Crippen LogP contribution in [-0.2, 0) is 4.74 Å². The molecule has 1 heterocycles. The van der Waals surface area contributed by atoms with Crippen LogP contribution in [0, 0.1) is 0 Å². The van der Waals surface area contributed by atoms with Gasteiger partial charge in [-0.1, -0.05) is 67.4 Å². The Hall–Kier alpha value is -1.16. The van der Waals surface area contributed by atoms with Crippen molar-refractivity contribution in [1.29, 1.82) is 0 Å². The zero-order valence-corrected chi connectivity index (χ0v) is 13.8. The molecule has 0 saturated carbocycles. The van der Waals surface area contributed by atoms with Gasteiger partial charge in [0.05, 0.1) is 0 Å². The zero-order chi connectivity index (χ0) is 15.4. The highest BCUT2D eigenvalue weighted by Crippen LogP contribution is 2.32. The van der Waals surface area contributed by atoms with Gasteiger partial charge < -0.3 is 4.74 Å². The fourth-order valence-electron chi connectivity index (χ4n) is 2.14. The summed E-state index contributed by atoms with van der Waals surface area (Å²) in [6, 6.07) is 9.80. The van der Waals surface area contributed by atoms with E-state index in [1.165, 1.54) is 0 Å². The predicted molar refractivity (Wildman–Crippen MR) is 86.1 cm³/mol. The molecule has 2 rings (SSSR count). The van der Waals surface area contributed by atoms with Crippen molar-refractivity contribution in [3.63, 3.8) is 0 Å². The second-order valence-electron chi connectivity index (χ2n) is 4.98. The highest BCUT2D eigenvalue weighted by Gasteiger charge is 2.22. The second kappa shape index (κ2) is 7.21. The number of hydrogen-bond donors (Lipinski definition) is 0. The van der Waals surface area contributed by atoms with Gasteiger partial charge in [-0.25, -0.2) is 9.97 Å². The van der Waals surface area contributed by atoms with E-state index in [2.05, 4.69) is 9.97 Å². The summed E-state index contributed by atoms with van der Waals surface area (Å²) in [7, 11) is 0. The molecule has 2 aromatic rings. The van der Waals surface area contributed by atoms with Crippen LogP contribution in [0.5, 0.6) is 0 Å². The Labute approximate surface area is 135 Å². The molecule has 1 aromatic carbocycles. The van der Waals surface area contributed by atoms with Crippen LogP contribution in [-0.4, -0.2) is 16.6 Å². The number of nitrogens with zero attached hydrogens (tertiary/aromatic N) is 2. The summed E-state index contributed by atoms with van der Waals surface area (Å²) < 4.78 is 5.78. The van der Waals surface area contributed by atoms with Gasteiger partial charge in [-0.05, 0) is 18.4 Å². The fraction of sp³-hybridized carbons (Fsp3) is 0.375. The van der Waals surface area contributed by atoms with Crippen LogP contribution in [0.3, 0.4) is 0 Å². The lowest BCUT2D eigenvalue weighted by atomic mass is 10.1. The first kappa shape index (κ1) is 16.2. The van der Waals surface area contributed by atoms with E-state index in [1.54, 1.807) is 0 Å². The average Bonchev–Trinajstić information content (AvgIpc) is 2.44. The second-order valence-corrected chi connectivity index (χ2v) is 5.69. The van der Waals surface area contributed by atoms with Gasteiger partial charge in [0.25, 0.3) is 0 Å². The topological polar surface area (TPSA) is 35.0 Å². The van der Waals surface area contributed by atoms with Crippen molar-refractivity contribution in [2.45, 2.75) is 32.8 Å². The molecule has 0 aliphatic rings.